The summed E-state index contributed by atoms with van der Waals surface area (Å²) >= 11 is 0. The fourth-order valence-electron chi connectivity index (χ4n) is 3.87. The number of piperazine rings is 1. The predicted octanol–water partition coefficient (Wildman–Crippen LogP) is 1.84. The molecule has 0 aromatic carbocycles. The first-order valence-corrected chi connectivity index (χ1v) is 9.32. The van der Waals surface area contributed by atoms with E-state index in [1.807, 2.05) is 30.7 Å². The number of rotatable bonds is 2. The van der Waals surface area contributed by atoms with Crippen LogP contribution < -0.4 is 5.32 Å². The summed E-state index contributed by atoms with van der Waals surface area (Å²) in [4.78, 5) is 28.9. The lowest BCUT2D eigenvalue weighted by Gasteiger charge is -2.36. The summed E-state index contributed by atoms with van der Waals surface area (Å²) < 4.78 is 1.75. The zero-order chi connectivity index (χ0) is 18.0. The molecule has 0 spiro atoms. The van der Waals surface area contributed by atoms with E-state index in [4.69, 9.17) is 0 Å². The maximum Gasteiger partial charge on any atom is 0.317 e. The number of carbonyl (C=O) groups excluding carboxylic acids is 2. The van der Waals surface area contributed by atoms with Crippen molar-refractivity contribution in [2.75, 3.05) is 26.2 Å². The second-order valence-electron chi connectivity index (χ2n) is 7.23. The van der Waals surface area contributed by atoms with Gasteiger partial charge in [0, 0.05) is 45.0 Å². The molecule has 7 heteroatoms. The Balaban J connectivity index is 1.54. The predicted molar refractivity (Wildman–Crippen MR) is 95.6 cm³/mol. The number of amides is 3. The number of carbonyl (C=O) groups is 2. The van der Waals surface area contributed by atoms with Crippen molar-refractivity contribution >= 4 is 11.9 Å². The second-order valence-corrected chi connectivity index (χ2v) is 7.23. The summed E-state index contributed by atoms with van der Waals surface area (Å²) in [7, 11) is 1.85. The molecule has 7 nitrogen and oxygen atoms in total. The molecule has 2 aliphatic rings. The highest BCUT2D eigenvalue weighted by Crippen LogP contribution is 2.19. The first-order valence-electron chi connectivity index (χ1n) is 9.32. The SMILES string of the molecule is Cc1nn(C)c(C)c1C(=O)N1CCN(C(=O)NC2CCCCC2)CC1. The average Bonchev–Trinajstić information content (AvgIpc) is 2.87. The van der Waals surface area contributed by atoms with Gasteiger partial charge >= 0.3 is 6.03 Å². The molecule has 138 valence electrons. The van der Waals surface area contributed by atoms with E-state index in [0.29, 0.717) is 37.8 Å². The van der Waals surface area contributed by atoms with Crippen LogP contribution in [-0.2, 0) is 7.05 Å². The second kappa shape index (κ2) is 7.45. The molecular weight excluding hydrogens is 318 g/mol. The van der Waals surface area contributed by atoms with Gasteiger partial charge in [-0.15, -0.1) is 0 Å². The van der Waals surface area contributed by atoms with Gasteiger partial charge in [-0.2, -0.15) is 5.10 Å². The highest BCUT2D eigenvalue weighted by atomic mass is 16.2. The minimum absolute atomic E-state index is 0.0211. The van der Waals surface area contributed by atoms with E-state index in [1.165, 1.54) is 19.3 Å². The zero-order valence-electron chi connectivity index (χ0n) is 15.5. The van der Waals surface area contributed by atoms with E-state index in [2.05, 4.69) is 10.4 Å². The van der Waals surface area contributed by atoms with E-state index in [9.17, 15) is 9.59 Å². The van der Waals surface area contributed by atoms with Crippen molar-refractivity contribution < 1.29 is 9.59 Å². The summed E-state index contributed by atoms with van der Waals surface area (Å²) in [6.07, 6.45) is 5.86. The van der Waals surface area contributed by atoms with Crippen molar-refractivity contribution in [2.45, 2.75) is 52.0 Å². The summed E-state index contributed by atoms with van der Waals surface area (Å²) in [5, 5.41) is 7.49. The number of hydrogen-bond donors (Lipinski definition) is 1. The van der Waals surface area contributed by atoms with Crippen LogP contribution in [0, 0.1) is 13.8 Å². The van der Waals surface area contributed by atoms with Crippen molar-refractivity contribution in [2.24, 2.45) is 7.05 Å². The third-order valence-electron chi connectivity index (χ3n) is 5.51. The Morgan fingerprint density at radius 1 is 1.00 bits per heavy atom. The number of nitrogens with one attached hydrogen (secondary N) is 1. The fourth-order valence-corrected chi connectivity index (χ4v) is 3.87. The van der Waals surface area contributed by atoms with Crippen LogP contribution in [0.5, 0.6) is 0 Å². The summed E-state index contributed by atoms with van der Waals surface area (Å²) in [5.74, 6) is 0.0236. The molecule has 1 saturated carbocycles. The maximum absolute atomic E-state index is 12.8. The molecular formula is C18H29N5O2. The fraction of sp³-hybridized carbons (Fsp3) is 0.722. The van der Waals surface area contributed by atoms with Crippen LogP contribution in [0.1, 0.15) is 53.8 Å². The lowest BCUT2D eigenvalue weighted by molar-refractivity contribution is 0.0661. The Morgan fingerprint density at radius 3 is 2.16 bits per heavy atom. The van der Waals surface area contributed by atoms with Gasteiger partial charge in [-0.1, -0.05) is 19.3 Å². The quantitative estimate of drug-likeness (QED) is 0.887. The van der Waals surface area contributed by atoms with Crippen LogP contribution in [0.3, 0.4) is 0 Å². The van der Waals surface area contributed by atoms with Gasteiger partial charge in [0.25, 0.3) is 5.91 Å². The molecule has 1 aromatic heterocycles. The van der Waals surface area contributed by atoms with Crippen molar-refractivity contribution in [3.63, 3.8) is 0 Å². The van der Waals surface area contributed by atoms with Gasteiger partial charge in [0.2, 0.25) is 0 Å². The minimum Gasteiger partial charge on any atom is -0.335 e. The Bertz CT molecular complexity index is 640. The van der Waals surface area contributed by atoms with E-state index in [0.717, 1.165) is 24.2 Å². The van der Waals surface area contributed by atoms with Crippen LogP contribution in [0.2, 0.25) is 0 Å². The Kier molecular flexibility index (Phi) is 5.30. The van der Waals surface area contributed by atoms with Crippen molar-refractivity contribution in [1.82, 2.24) is 24.9 Å². The van der Waals surface area contributed by atoms with Crippen LogP contribution in [0.4, 0.5) is 4.79 Å². The number of hydrogen-bond acceptors (Lipinski definition) is 3. The standard InChI is InChI=1S/C18H29N5O2/c1-13-16(14(2)21(3)20-13)17(24)22-9-11-23(12-10-22)18(25)19-15-7-5-4-6-8-15/h15H,4-12H2,1-3H3,(H,19,25). The molecule has 0 bridgehead atoms. The van der Waals surface area contributed by atoms with E-state index in [1.54, 1.807) is 4.68 Å². The van der Waals surface area contributed by atoms with Gasteiger partial charge in [0.05, 0.1) is 11.3 Å². The molecule has 1 aliphatic heterocycles. The van der Waals surface area contributed by atoms with Gasteiger partial charge in [-0.05, 0) is 26.7 Å². The molecule has 0 atom stereocenters. The Morgan fingerprint density at radius 2 is 1.60 bits per heavy atom. The molecule has 0 unspecified atom stereocenters. The van der Waals surface area contributed by atoms with Gasteiger partial charge in [0.1, 0.15) is 0 Å². The molecule has 1 N–H and O–H groups in total. The number of aryl methyl sites for hydroxylation is 2. The van der Waals surface area contributed by atoms with Crippen LogP contribution in [0.15, 0.2) is 0 Å². The summed E-state index contributed by atoms with van der Waals surface area (Å²) in [6, 6.07) is 0.342. The lowest BCUT2D eigenvalue weighted by Crippen LogP contribution is -2.54. The van der Waals surface area contributed by atoms with Gasteiger partial charge in [-0.25, -0.2) is 4.79 Å². The third-order valence-corrected chi connectivity index (χ3v) is 5.51. The summed E-state index contributed by atoms with van der Waals surface area (Å²) in [5.41, 5.74) is 2.35. The first-order chi connectivity index (χ1) is 12.0. The maximum atomic E-state index is 12.8. The molecule has 3 amide bonds. The topological polar surface area (TPSA) is 70.5 Å². The molecule has 1 aliphatic carbocycles. The Labute approximate surface area is 149 Å². The first kappa shape index (κ1) is 17.8. The number of nitrogens with zero attached hydrogens (tertiary/aromatic N) is 4. The monoisotopic (exact) mass is 347 g/mol. The van der Waals surface area contributed by atoms with Crippen LogP contribution >= 0.6 is 0 Å². The highest BCUT2D eigenvalue weighted by molar-refractivity contribution is 5.96. The average molecular weight is 347 g/mol. The van der Waals surface area contributed by atoms with Crippen molar-refractivity contribution in [3.05, 3.63) is 17.0 Å². The lowest BCUT2D eigenvalue weighted by atomic mass is 9.96. The van der Waals surface area contributed by atoms with E-state index < -0.39 is 0 Å². The van der Waals surface area contributed by atoms with Crippen molar-refractivity contribution in [3.8, 4) is 0 Å². The normalized spacial score (nSPS) is 19.2. The molecule has 25 heavy (non-hydrogen) atoms. The molecule has 2 fully saturated rings. The molecule has 1 aromatic rings. The van der Waals surface area contributed by atoms with Gasteiger partial charge in [0.15, 0.2) is 0 Å². The Hall–Kier alpha value is -2.05. The largest absolute Gasteiger partial charge is 0.335 e. The molecule has 1 saturated heterocycles. The van der Waals surface area contributed by atoms with Crippen LogP contribution in [0.25, 0.3) is 0 Å². The number of urea groups is 1. The highest BCUT2D eigenvalue weighted by Gasteiger charge is 2.28. The molecule has 3 rings (SSSR count). The zero-order valence-corrected chi connectivity index (χ0v) is 15.5. The summed E-state index contributed by atoms with van der Waals surface area (Å²) in [6.45, 7) is 6.11. The van der Waals surface area contributed by atoms with E-state index in [-0.39, 0.29) is 11.9 Å². The van der Waals surface area contributed by atoms with Gasteiger partial charge in [-0.3, -0.25) is 9.48 Å². The van der Waals surface area contributed by atoms with Crippen molar-refractivity contribution in [1.29, 1.82) is 0 Å². The van der Waals surface area contributed by atoms with Crippen LogP contribution in [-0.4, -0.2) is 63.7 Å². The smallest absolute Gasteiger partial charge is 0.317 e. The molecule has 0 radical (unpaired) electrons. The number of aromatic nitrogens is 2. The minimum atomic E-state index is 0.0211. The van der Waals surface area contributed by atoms with Gasteiger partial charge < -0.3 is 15.1 Å². The third kappa shape index (κ3) is 3.80. The molecule has 2 heterocycles. The van der Waals surface area contributed by atoms with E-state index >= 15 is 0 Å².